The highest BCUT2D eigenvalue weighted by Crippen LogP contribution is 2.27. The monoisotopic (exact) mass is 269 g/mol. The Balaban J connectivity index is 2.58. The SMILES string of the molecule is CCC(CC)C(=O)N1CCCC(C(C)CC(=O)O)C1. The van der Waals surface area contributed by atoms with E-state index in [4.69, 9.17) is 5.11 Å². The molecule has 1 amide bonds. The number of amides is 1. The molecule has 1 fully saturated rings. The predicted molar refractivity (Wildman–Crippen MR) is 74.8 cm³/mol. The minimum Gasteiger partial charge on any atom is -0.481 e. The Morgan fingerprint density at radius 2 is 1.95 bits per heavy atom. The van der Waals surface area contributed by atoms with Crippen LogP contribution in [0.3, 0.4) is 0 Å². The van der Waals surface area contributed by atoms with Crippen LogP contribution >= 0.6 is 0 Å². The van der Waals surface area contributed by atoms with Gasteiger partial charge in [0.05, 0.1) is 0 Å². The van der Waals surface area contributed by atoms with Gasteiger partial charge in [0.2, 0.25) is 5.91 Å². The Bertz CT molecular complexity index is 313. The lowest BCUT2D eigenvalue weighted by molar-refractivity contribution is -0.139. The van der Waals surface area contributed by atoms with Gasteiger partial charge in [0.1, 0.15) is 0 Å². The fourth-order valence-electron chi connectivity index (χ4n) is 3.01. The minimum absolute atomic E-state index is 0.133. The molecule has 1 aliphatic rings. The van der Waals surface area contributed by atoms with Gasteiger partial charge in [0, 0.05) is 25.4 Å². The molecule has 1 heterocycles. The van der Waals surface area contributed by atoms with Gasteiger partial charge < -0.3 is 10.0 Å². The highest BCUT2D eigenvalue weighted by Gasteiger charge is 2.30. The molecule has 0 aromatic heterocycles. The van der Waals surface area contributed by atoms with Crippen LogP contribution in [0.15, 0.2) is 0 Å². The minimum atomic E-state index is -0.740. The first kappa shape index (κ1) is 16.0. The van der Waals surface area contributed by atoms with Gasteiger partial charge in [-0.15, -0.1) is 0 Å². The molecule has 2 unspecified atom stereocenters. The lowest BCUT2D eigenvalue weighted by Crippen LogP contribution is -2.44. The molecule has 0 aromatic rings. The second-order valence-electron chi connectivity index (χ2n) is 5.78. The average molecular weight is 269 g/mol. The first-order valence-corrected chi connectivity index (χ1v) is 7.50. The highest BCUT2D eigenvalue weighted by atomic mass is 16.4. The van der Waals surface area contributed by atoms with Gasteiger partial charge in [-0.1, -0.05) is 20.8 Å². The van der Waals surface area contributed by atoms with Crippen molar-refractivity contribution in [1.82, 2.24) is 4.90 Å². The Morgan fingerprint density at radius 1 is 1.32 bits per heavy atom. The van der Waals surface area contributed by atoms with Crippen molar-refractivity contribution in [3.63, 3.8) is 0 Å². The number of aliphatic carboxylic acids is 1. The van der Waals surface area contributed by atoms with Crippen LogP contribution in [-0.4, -0.2) is 35.0 Å². The Kier molecular flexibility index (Phi) is 6.32. The van der Waals surface area contributed by atoms with E-state index in [1.807, 2.05) is 11.8 Å². The summed E-state index contributed by atoms with van der Waals surface area (Å²) in [5.41, 5.74) is 0. The Morgan fingerprint density at radius 3 is 2.47 bits per heavy atom. The third-order valence-electron chi connectivity index (χ3n) is 4.41. The molecule has 2 atom stereocenters. The van der Waals surface area contributed by atoms with Crippen LogP contribution < -0.4 is 0 Å². The highest BCUT2D eigenvalue weighted by molar-refractivity contribution is 5.78. The maximum atomic E-state index is 12.4. The molecule has 0 aromatic carbocycles. The van der Waals surface area contributed by atoms with Crippen molar-refractivity contribution in [3.05, 3.63) is 0 Å². The number of carboxylic acid groups (broad SMARTS) is 1. The fourth-order valence-corrected chi connectivity index (χ4v) is 3.01. The molecule has 0 bridgehead atoms. The summed E-state index contributed by atoms with van der Waals surface area (Å²) in [6, 6.07) is 0. The van der Waals surface area contributed by atoms with Crippen LogP contribution in [0.5, 0.6) is 0 Å². The van der Waals surface area contributed by atoms with E-state index in [0.29, 0.717) is 5.92 Å². The van der Waals surface area contributed by atoms with Gasteiger partial charge in [0.15, 0.2) is 0 Å². The number of piperidine rings is 1. The van der Waals surface area contributed by atoms with Crippen LogP contribution in [0.4, 0.5) is 0 Å². The second kappa shape index (κ2) is 7.51. The lowest BCUT2D eigenvalue weighted by atomic mass is 9.84. The van der Waals surface area contributed by atoms with E-state index in [1.165, 1.54) is 0 Å². The number of carbonyl (C=O) groups excluding carboxylic acids is 1. The largest absolute Gasteiger partial charge is 0.481 e. The first-order chi connectivity index (χ1) is 8.99. The summed E-state index contributed by atoms with van der Waals surface area (Å²) in [5, 5.41) is 8.87. The van der Waals surface area contributed by atoms with Crippen LogP contribution in [0, 0.1) is 17.8 Å². The number of rotatable bonds is 6. The third kappa shape index (κ3) is 4.51. The first-order valence-electron chi connectivity index (χ1n) is 7.50. The molecule has 0 radical (unpaired) electrons. The molecule has 1 rings (SSSR count). The summed E-state index contributed by atoms with van der Waals surface area (Å²) >= 11 is 0. The summed E-state index contributed by atoms with van der Waals surface area (Å²) < 4.78 is 0. The molecule has 110 valence electrons. The molecule has 1 saturated heterocycles. The number of carbonyl (C=O) groups is 2. The number of hydrogen-bond acceptors (Lipinski definition) is 2. The van der Waals surface area contributed by atoms with Gasteiger partial charge in [0.25, 0.3) is 0 Å². The number of likely N-dealkylation sites (tertiary alicyclic amines) is 1. The quantitative estimate of drug-likeness (QED) is 0.806. The van der Waals surface area contributed by atoms with E-state index < -0.39 is 5.97 Å². The maximum absolute atomic E-state index is 12.4. The number of hydrogen-bond donors (Lipinski definition) is 1. The summed E-state index contributed by atoms with van der Waals surface area (Å²) in [6.07, 6.45) is 4.03. The maximum Gasteiger partial charge on any atom is 0.303 e. The standard InChI is InChI=1S/C15H27NO3/c1-4-12(5-2)15(19)16-8-6-7-13(10-16)11(3)9-14(17)18/h11-13H,4-10H2,1-3H3,(H,17,18). The molecule has 4 heteroatoms. The Labute approximate surface area is 116 Å². The van der Waals surface area contributed by atoms with Crippen molar-refractivity contribution in [1.29, 1.82) is 0 Å². The summed E-state index contributed by atoms with van der Waals surface area (Å²) in [5.74, 6) is 0.139. The van der Waals surface area contributed by atoms with E-state index in [2.05, 4.69) is 13.8 Å². The van der Waals surface area contributed by atoms with E-state index in [0.717, 1.165) is 38.8 Å². The number of nitrogens with zero attached hydrogens (tertiary/aromatic N) is 1. The van der Waals surface area contributed by atoms with Crippen molar-refractivity contribution in [2.24, 2.45) is 17.8 Å². The number of carboxylic acids is 1. The smallest absolute Gasteiger partial charge is 0.303 e. The zero-order chi connectivity index (χ0) is 14.4. The van der Waals surface area contributed by atoms with E-state index in [9.17, 15) is 9.59 Å². The topological polar surface area (TPSA) is 57.6 Å². The summed E-state index contributed by atoms with van der Waals surface area (Å²) in [7, 11) is 0. The molecule has 0 aliphatic carbocycles. The zero-order valence-electron chi connectivity index (χ0n) is 12.4. The Hall–Kier alpha value is -1.06. The van der Waals surface area contributed by atoms with Crippen molar-refractivity contribution in [3.8, 4) is 0 Å². The molecular formula is C15H27NO3. The van der Waals surface area contributed by atoms with Gasteiger partial charge >= 0.3 is 5.97 Å². The predicted octanol–water partition coefficient (Wildman–Crippen LogP) is 2.77. The van der Waals surface area contributed by atoms with E-state index in [-0.39, 0.29) is 24.2 Å². The fraction of sp³-hybridized carbons (Fsp3) is 0.867. The molecule has 0 spiro atoms. The van der Waals surface area contributed by atoms with E-state index in [1.54, 1.807) is 0 Å². The van der Waals surface area contributed by atoms with Gasteiger partial charge in [-0.05, 0) is 37.5 Å². The zero-order valence-corrected chi connectivity index (χ0v) is 12.4. The van der Waals surface area contributed by atoms with Crippen molar-refractivity contribution < 1.29 is 14.7 Å². The normalized spacial score (nSPS) is 21.5. The molecule has 1 aliphatic heterocycles. The van der Waals surface area contributed by atoms with Gasteiger partial charge in [-0.2, -0.15) is 0 Å². The lowest BCUT2D eigenvalue weighted by Gasteiger charge is -2.37. The van der Waals surface area contributed by atoms with Crippen molar-refractivity contribution >= 4 is 11.9 Å². The van der Waals surface area contributed by atoms with Crippen LogP contribution in [-0.2, 0) is 9.59 Å². The van der Waals surface area contributed by atoms with Crippen molar-refractivity contribution in [2.75, 3.05) is 13.1 Å². The third-order valence-corrected chi connectivity index (χ3v) is 4.41. The summed E-state index contributed by atoms with van der Waals surface area (Å²) in [4.78, 5) is 25.1. The second-order valence-corrected chi connectivity index (χ2v) is 5.78. The molecular weight excluding hydrogens is 242 g/mol. The van der Waals surface area contributed by atoms with Gasteiger partial charge in [-0.25, -0.2) is 0 Å². The molecule has 1 N–H and O–H groups in total. The van der Waals surface area contributed by atoms with Crippen LogP contribution in [0.2, 0.25) is 0 Å². The van der Waals surface area contributed by atoms with Gasteiger partial charge in [-0.3, -0.25) is 9.59 Å². The van der Waals surface area contributed by atoms with E-state index >= 15 is 0 Å². The average Bonchev–Trinajstić information content (AvgIpc) is 2.39. The molecule has 0 saturated carbocycles. The summed E-state index contributed by atoms with van der Waals surface area (Å²) in [6.45, 7) is 7.68. The van der Waals surface area contributed by atoms with Crippen molar-refractivity contribution in [2.45, 2.75) is 52.9 Å². The van der Waals surface area contributed by atoms with Crippen LogP contribution in [0.25, 0.3) is 0 Å². The molecule has 4 nitrogen and oxygen atoms in total. The van der Waals surface area contributed by atoms with Crippen LogP contribution in [0.1, 0.15) is 52.9 Å². The molecule has 19 heavy (non-hydrogen) atoms.